The van der Waals surface area contributed by atoms with Crippen LogP contribution in [-0.2, 0) is 11.2 Å². The zero-order chi connectivity index (χ0) is 19.7. The Bertz CT molecular complexity index is 624. The molecule has 5 nitrogen and oxygen atoms in total. The lowest BCUT2D eigenvalue weighted by Gasteiger charge is -2.21. The molecule has 28 heavy (non-hydrogen) atoms. The van der Waals surface area contributed by atoms with E-state index in [1.165, 1.54) is 5.56 Å². The number of thioether (sulfide) groups is 1. The largest absolute Gasteiger partial charge is 0.357 e. The maximum absolute atomic E-state index is 12.3. The van der Waals surface area contributed by atoms with Crippen LogP contribution in [0.5, 0.6) is 0 Å². The van der Waals surface area contributed by atoms with Crippen molar-refractivity contribution < 1.29 is 4.79 Å². The molecule has 0 spiro atoms. The highest BCUT2D eigenvalue weighted by Crippen LogP contribution is 2.21. The van der Waals surface area contributed by atoms with Gasteiger partial charge in [-0.1, -0.05) is 30.3 Å². The van der Waals surface area contributed by atoms with Crippen LogP contribution in [0.3, 0.4) is 0 Å². The van der Waals surface area contributed by atoms with E-state index in [-0.39, 0.29) is 34.6 Å². The van der Waals surface area contributed by atoms with E-state index in [4.69, 9.17) is 4.99 Å². The highest BCUT2D eigenvalue weighted by Gasteiger charge is 2.29. The molecule has 0 aromatic heterocycles. The van der Waals surface area contributed by atoms with E-state index < -0.39 is 0 Å². The third kappa shape index (κ3) is 8.59. The van der Waals surface area contributed by atoms with Crippen molar-refractivity contribution in [3.05, 3.63) is 35.9 Å². The number of hydrogen-bond acceptors (Lipinski definition) is 3. The summed E-state index contributed by atoms with van der Waals surface area (Å²) in [6.45, 7) is 10.5. The van der Waals surface area contributed by atoms with Crippen LogP contribution in [0.25, 0.3) is 0 Å². The van der Waals surface area contributed by atoms with E-state index in [0.29, 0.717) is 12.3 Å². The molecular weight excluding hydrogens is 483 g/mol. The van der Waals surface area contributed by atoms with Gasteiger partial charge in [-0.05, 0) is 39.0 Å². The number of amides is 1. The van der Waals surface area contributed by atoms with Gasteiger partial charge in [0.05, 0.1) is 6.54 Å². The first-order valence-corrected chi connectivity index (χ1v) is 11.0. The van der Waals surface area contributed by atoms with Gasteiger partial charge in [0.1, 0.15) is 0 Å². The third-order valence-electron chi connectivity index (χ3n) is 4.88. The molecule has 1 aliphatic rings. The van der Waals surface area contributed by atoms with Crippen molar-refractivity contribution in [2.24, 2.45) is 10.9 Å². The Morgan fingerprint density at radius 3 is 2.64 bits per heavy atom. The molecule has 158 valence electrons. The average molecular weight is 519 g/mol. The molecule has 1 aliphatic heterocycles. The molecule has 1 atom stereocenters. The van der Waals surface area contributed by atoms with Crippen molar-refractivity contribution >= 4 is 47.6 Å². The minimum Gasteiger partial charge on any atom is -0.357 e. The van der Waals surface area contributed by atoms with Crippen molar-refractivity contribution in [1.82, 2.24) is 15.5 Å². The van der Waals surface area contributed by atoms with Gasteiger partial charge < -0.3 is 15.5 Å². The summed E-state index contributed by atoms with van der Waals surface area (Å²) in [5.74, 6) is 1.45. The van der Waals surface area contributed by atoms with E-state index in [9.17, 15) is 4.79 Å². The average Bonchev–Trinajstić information content (AvgIpc) is 3.03. The number of benzene rings is 1. The Balaban J connectivity index is 0.00000392. The second kappa shape index (κ2) is 12.6. The number of carbonyl (C=O) groups excluding carboxylic acids is 1. The van der Waals surface area contributed by atoms with Gasteiger partial charge in [-0.3, -0.25) is 9.79 Å². The Kier molecular flexibility index (Phi) is 11.3. The summed E-state index contributed by atoms with van der Waals surface area (Å²) in [5, 5.41) is 6.73. The second-order valence-electron chi connectivity index (χ2n) is 7.69. The summed E-state index contributed by atoms with van der Waals surface area (Å²) in [6.07, 6.45) is 3.65. The molecule has 7 heteroatoms. The van der Waals surface area contributed by atoms with E-state index in [2.05, 4.69) is 49.8 Å². The monoisotopic (exact) mass is 518 g/mol. The molecular formula is C21H35IN4OS. The normalized spacial score (nSPS) is 17.4. The summed E-state index contributed by atoms with van der Waals surface area (Å²) in [4.78, 5) is 19.0. The molecule has 1 amide bonds. The zero-order valence-corrected chi connectivity index (χ0v) is 20.7. The molecule has 1 unspecified atom stereocenters. The lowest BCUT2D eigenvalue weighted by atomic mass is 10.1. The fraction of sp³-hybridized carbons (Fsp3) is 0.619. The number of nitrogens with zero attached hydrogens (tertiary/aromatic N) is 2. The maximum Gasteiger partial charge on any atom is 0.223 e. The van der Waals surface area contributed by atoms with Crippen LogP contribution < -0.4 is 10.6 Å². The first-order valence-electron chi connectivity index (χ1n) is 9.82. The Hall–Kier alpha value is -0.960. The van der Waals surface area contributed by atoms with Crippen LogP contribution in [-0.4, -0.2) is 60.5 Å². The third-order valence-corrected chi connectivity index (χ3v) is 6.12. The second-order valence-corrected chi connectivity index (χ2v) is 9.20. The van der Waals surface area contributed by atoms with Crippen molar-refractivity contribution in [1.29, 1.82) is 0 Å². The number of rotatable bonds is 9. The van der Waals surface area contributed by atoms with Gasteiger partial charge in [0.15, 0.2) is 5.96 Å². The van der Waals surface area contributed by atoms with Gasteiger partial charge in [0, 0.05) is 43.3 Å². The number of hydrogen-bond donors (Lipinski definition) is 2. The van der Waals surface area contributed by atoms with E-state index in [1.807, 2.05) is 34.9 Å². The number of likely N-dealkylation sites (tertiary alicyclic amines) is 1. The molecule has 0 radical (unpaired) electrons. The van der Waals surface area contributed by atoms with Crippen molar-refractivity contribution in [3.8, 4) is 0 Å². The number of aliphatic imine (C=N–C) groups is 1. The molecule has 1 fully saturated rings. The Morgan fingerprint density at radius 2 is 2.00 bits per heavy atom. The van der Waals surface area contributed by atoms with Crippen molar-refractivity contribution in [2.45, 2.75) is 38.4 Å². The number of guanidine groups is 1. The van der Waals surface area contributed by atoms with Crippen molar-refractivity contribution in [3.63, 3.8) is 0 Å². The van der Waals surface area contributed by atoms with Gasteiger partial charge in [0.2, 0.25) is 5.91 Å². The molecule has 1 aromatic carbocycles. The molecule has 1 aromatic rings. The van der Waals surface area contributed by atoms with Gasteiger partial charge in [-0.25, -0.2) is 0 Å². The topological polar surface area (TPSA) is 56.7 Å². The lowest BCUT2D eigenvalue weighted by Crippen LogP contribution is -2.41. The van der Waals surface area contributed by atoms with Crippen LogP contribution in [0, 0.1) is 5.92 Å². The first kappa shape index (κ1) is 25.1. The highest BCUT2D eigenvalue weighted by atomic mass is 127. The highest BCUT2D eigenvalue weighted by molar-refractivity contribution is 14.0. The van der Waals surface area contributed by atoms with Gasteiger partial charge in [-0.15, -0.1) is 24.0 Å². The standard InChI is InChI=1S/C21H34N4OS.HI/c1-5-22-20(24-16-21(2,3)27-4)23-14-18-13-19(26)25(15-18)12-11-17-9-7-6-8-10-17;/h6-10,18H,5,11-16H2,1-4H3,(H2,22,23,24);1H. The predicted molar refractivity (Wildman–Crippen MR) is 132 cm³/mol. The SMILES string of the molecule is CCNC(=NCC(C)(C)SC)NCC1CC(=O)N(CCc2ccccc2)C1.I. The van der Waals surface area contributed by atoms with Crippen LogP contribution in [0.4, 0.5) is 0 Å². The summed E-state index contributed by atoms with van der Waals surface area (Å²) in [5.41, 5.74) is 1.28. The number of carbonyl (C=O) groups is 1. The van der Waals surface area contributed by atoms with Crippen LogP contribution in [0.2, 0.25) is 0 Å². The van der Waals surface area contributed by atoms with E-state index >= 15 is 0 Å². The molecule has 0 aliphatic carbocycles. The van der Waals surface area contributed by atoms with Crippen LogP contribution in [0.15, 0.2) is 35.3 Å². The fourth-order valence-electron chi connectivity index (χ4n) is 3.03. The summed E-state index contributed by atoms with van der Waals surface area (Å²) >= 11 is 1.82. The lowest BCUT2D eigenvalue weighted by molar-refractivity contribution is -0.127. The number of halogens is 1. The summed E-state index contributed by atoms with van der Waals surface area (Å²) in [7, 11) is 0. The minimum absolute atomic E-state index is 0. The van der Waals surface area contributed by atoms with Gasteiger partial charge >= 0.3 is 0 Å². The summed E-state index contributed by atoms with van der Waals surface area (Å²) < 4.78 is 0.125. The molecule has 2 rings (SSSR count). The Labute approximate surface area is 191 Å². The quantitative estimate of drug-likeness (QED) is 0.299. The molecule has 1 saturated heterocycles. The van der Waals surface area contributed by atoms with Gasteiger partial charge in [-0.2, -0.15) is 11.8 Å². The maximum atomic E-state index is 12.3. The summed E-state index contributed by atoms with van der Waals surface area (Å²) in [6, 6.07) is 10.4. The minimum atomic E-state index is 0. The molecule has 1 heterocycles. The predicted octanol–water partition coefficient (Wildman–Crippen LogP) is 3.39. The number of nitrogens with one attached hydrogen (secondary N) is 2. The van der Waals surface area contributed by atoms with E-state index in [1.54, 1.807) is 0 Å². The van der Waals surface area contributed by atoms with Crippen LogP contribution in [0.1, 0.15) is 32.8 Å². The molecule has 0 bridgehead atoms. The first-order chi connectivity index (χ1) is 12.9. The smallest absolute Gasteiger partial charge is 0.223 e. The zero-order valence-electron chi connectivity index (χ0n) is 17.5. The molecule has 0 saturated carbocycles. The molecule has 2 N–H and O–H groups in total. The van der Waals surface area contributed by atoms with Crippen LogP contribution >= 0.6 is 35.7 Å². The van der Waals surface area contributed by atoms with Gasteiger partial charge in [0.25, 0.3) is 0 Å². The van der Waals surface area contributed by atoms with Crippen molar-refractivity contribution in [2.75, 3.05) is 39.0 Å². The Morgan fingerprint density at radius 1 is 1.29 bits per heavy atom. The fourth-order valence-corrected chi connectivity index (χ4v) is 3.23. The van der Waals surface area contributed by atoms with E-state index in [0.717, 1.165) is 45.1 Å².